The SMILES string of the molecule is O=C(O)COC(=O)C1C2CC(C1C(=O)OC1CC3CC1C1C4CCC(C4)C31)C1C3CCC(C3)C21. The van der Waals surface area contributed by atoms with E-state index in [4.69, 9.17) is 14.6 Å². The molecule has 184 valence electrons. The molecule has 0 heterocycles. The van der Waals surface area contributed by atoms with E-state index >= 15 is 0 Å². The Labute approximate surface area is 200 Å². The molecule has 0 aliphatic heterocycles. The second kappa shape index (κ2) is 7.00. The van der Waals surface area contributed by atoms with E-state index in [0.717, 1.165) is 42.4 Å². The summed E-state index contributed by atoms with van der Waals surface area (Å²) in [6.45, 7) is -0.618. The van der Waals surface area contributed by atoms with Crippen molar-refractivity contribution >= 4 is 17.9 Å². The number of aliphatic carboxylic acids is 1. The Morgan fingerprint density at radius 2 is 1.18 bits per heavy atom. The molecule has 15 unspecified atom stereocenters. The highest BCUT2D eigenvalue weighted by atomic mass is 16.6. The lowest BCUT2D eigenvalue weighted by atomic mass is 9.63. The van der Waals surface area contributed by atoms with Gasteiger partial charge in [-0.3, -0.25) is 9.59 Å². The van der Waals surface area contributed by atoms with Crippen molar-refractivity contribution in [3.05, 3.63) is 0 Å². The molecule has 8 aliphatic rings. The molecule has 8 fully saturated rings. The zero-order valence-corrected chi connectivity index (χ0v) is 19.7. The second-order valence-corrected chi connectivity index (χ2v) is 13.5. The van der Waals surface area contributed by atoms with Crippen LogP contribution in [0.15, 0.2) is 0 Å². The summed E-state index contributed by atoms with van der Waals surface area (Å²) in [7, 11) is 0. The molecular formula is C28H36O6. The minimum Gasteiger partial charge on any atom is -0.479 e. The smallest absolute Gasteiger partial charge is 0.341 e. The normalized spacial score (nSPS) is 56.6. The van der Waals surface area contributed by atoms with Crippen molar-refractivity contribution in [3.8, 4) is 0 Å². The van der Waals surface area contributed by atoms with E-state index in [1.807, 2.05) is 0 Å². The number of hydrogen-bond donors (Lipinski definition) is 1. The Balaban J connectivity index is 1.04. The van der Waals surface area contributed by atoms with Crippen LogP contribution in [0, 0.1) is 82.9 Å². The molecule has 1 N–H and O–H groups in total. The molecular weight excluding hydrogens is 432 g/mol. The van der Waals surface area contributed by atoms with Gasteiger partial charge in [0.25, 0.3) is 0 Å². The molecule has 0 radical (unpaired) electrons. The molecule has 6 heteroatoms. The largest absolute Gasteiger partial charge is 0.479 e. The van der Waals surface area contributed by atoms with Gasteiger partial charge < -0.3 is 14.6 Å². The Morgan fingerprint density at radius 3 is 1.79 bits per heavy atom. The molecule has 8 rings (SSSR count). The van der Waals surface area contributed by atoms with E-state index in [1.165, 1.54) is 44.9 Å². The summed E-state index contributed by atoms with van der Waals surface area (Å²) >= 11 is 0. The molecule has 0 amide bonds. The molecule has 0 aromatic carbocycles. The summed E-state index contributed by atoms with van der Waals surface area (Å²) in [5, 5.41) is 9.05. The molecule has 8 bridgehead atoms. The fraction of sp³-hybridized carbons (Fsp3) is 0.893. The first kappa shape index (κ1) is 20.6. The third kappa shape index (κ3) is 2.56. The second-order valence-electron chi connectivity index (χ2n) is 13.5. The van der Waals surface area contributed by atoms with Gasteiger partial charge in [0.05, 0.1) is 11.8 Å². The predicted molar refractivity (Wildman–Crippen MR) is 119 cm³/mol. The van der Waals surface area contributed by atoms with Crippen molar-refractivity contribution in [2.45, 2.75) is 63.9 Å². The Hall–Kier alpha value is -1.59. The maximum atomic E-state index is 13.8. The molecule has 0 saturated heterocycles. The fourth-order valence-electron chi connectivity index (χ4n) is 12.3. The highest BCUT2D eigenvalue weighted by Gasteiger charge is 2.70. The highest BCUT2D eigenvalue weighted by Crippen LogP contribution is 2.71. The summed E-state index contributed by atoms with van der Waals surface area (Å²) in [4.78, 5) is 38.0. The van der Waals surface area contributed by atoms with Crippen LogP contribution in [-0.4, -0.2) is 35.7 Å². The number of fused-ring (bicyclic) bond motifs is 18. The first-order valence-electron chi connectivity index (χ1n) is 14.1. The number of ether oxygens (including phenoxy) is 2. The Bertz CT molecular complexity index is 945. The van der Waals surface area contributed by atoms with Gasteiger partial charge in [0, 0.05) is 0 Å². The van der Waals surface area contributed by atoms with Gasteiger partial charge in [-0.05, 0) is 129 Å². The molecule has 6 nitrogen and oxygen atoms in total. The van der Waals surface area contributed by atoms with E-state index in [9.17, 15) is 14.4 Å². The fourth-order valence-corrected chi connectivity index (χ4v) is 12.3. The van der Waals surface area contributed by atoms with Crippen LogP contribution >= 0.6 is 0 Å². The first-order chi connectivity index (χ1) is 16.5. The summed E-state index contributed by atoms with van der Waals surface area (Å²) in [6, 6.07) is 0. The topological polar surface area (TPSA) is 89.9 Å². The third-order valence-electron chi connectivity index (χ3n) is 12.7. The zero-order valence-electron chi connectivity index (χ0n) is 19.7. The van der Waals surface area contributed by atoms with Crippen molar-refractivity contribution in [1.82, 2.24) is 0 Å². The number of rotatable bonds is 5. The molecule has 0 spiro atoms. The van der Waals surface area contributed by atoms with Gasteiger partial charge in [-0.1, -0.05) is 0 Å². The van der Waals surface area contributed by atoms with E-state index in [0.29, 0.717) is 29.6 Å². The lowest BCUT2D eigenvalue weighted by molar-refractivity contribution is -0.174. The van der Waals surface area contributed by atoms with Gasteiger partial charge in [0.15, 0.2) is 6.61 Å². The van der Waals surface area contributed by atoms with Crippen molar-refractivity contribution in [2.75, 3.05) is 6.61 Å². The molecule has 0 aromatic rings. The van der Waals surface area contributed by atoms with Crippen LogP contribution in [0.2, 0.25) is 0 Å². The van der Waals surface area contributed by atoms with Crippen LogP contribution in [0.3, 0.4) is 0 Å². The van der Waals surface area contributed by atoms with Gasteiger partial charge in [0.2, 0.25) is 0 Å². The third-order valence-corrected chi connectivity index (χ3v) is 12.7. The number of carbonyl (C=O) groups is 3. The van der Waals surface area contributed by atoms with Gasteiger partial charge in [-0.15, -0.1) is 0 Å². The first-order valence-corrected chi connectivity index (χ1v) is 14.1. The minimum absolute atomic E-state index is 0.0312. The number of carbonyl (C=O) groups excluding carboxylic acids is 2. The van der Waals surface area contributed by atoms with Crippen LogP contribution in [0.1, 0.15) is 57.8 Å². The zero-order chi connectivity index (χ0) is 22.9. The Morgan fingerprint density at radius 1 is 0.618 bits per heavy atom. The number of carboxylic acid groups (broad SMARTS) is 1. The van der Waals surface area contributed by atoms with Gasteiger partial charge >= 0.3 is 17.9 Å². The predicted octanol–water partition coefficient (Wildman–Crippen LogP) is 3.77. The van der Waals surface area contributed by atoms with E-state index in [2.05, 4.69) is 0 Å². The summed E-state index contributed by atoms with van der Waals surface area (Å²) in [5.74, 6) is 4.81. The molecule has 34 heavy (non-hydrogen) atoms. The quantitative estimate of drug-likeness (QED) is 0.488. The van der Waals surface area contributed by atoms with Crippen LogP contribution in [0.5, 0.6) is 0 Å². The molecule has 0 aromatic heterocycles. The van der Waals surface area contributed by atoms with Crippen LogP contribution in [-0.2, 0) is 23.9 Å². The van der Waals surface area contributed by atoms with Gasteiger partial charge in [-0.2, -0.15) is 0 Å². The summed E-state index contributed by atoms with van der Waals surface area (Å²) < 4.78 is 11.6. The average Bonchev–Trinajstić information content (AvgIpc) is 3.66. The number of hydrogen-bond acceptors (Lipinski definition) is 5. The van der Waals surface area contributed by atoms with Crippen LogP contribution in [0.25, 0.3) is 0 Å². The maximum Gasteiger partial charge on any atom is 0.341 e. The van der Waals surface area contributed by atoms with E-state index in [1.54, 1.807) is 0 Å². The average molecular weight is 469 g/mol. The summed E-state index contributed by atoms with van der Waals surface area (Å²) in [6.07, 6.45) is 11.1. The number of carboxylic acids is 1. The Kier molecular flexibility index (Phi) is 4.24. The van der Waals surface area contributed by atoms with Crippen molar-refractivity contribution in [1.29, 1.82) is 0 Å². The molecule has 8 aliphatic carbocycles. The maximum absolute atomic E-state index is 13.8. The van der Waals surface area contributed by atoms with Crippen molar-refractivity contribution in [2.24, 2.45) is 82.9 Å². The molecule has 8 saturated carbocycles. The monoisotopic (exact) mass is 468 g/mol. The van der Waals surface area contributed by atoms with Gasteiger partial charge in [-0.25, -0.2) is 4.79 Å². The lowest BCUT2D eigenvalue weighted by Crippen LogP contribution is -2.47. The van der Waals surface area contributed by atoms with Crippen LogP contribution in [0.4, 0.5) is 0 Å². The lowest BCUT2D eigenvalue weighted by Gasteiger charge is -2.42. The van der Waals surface area contributed by atoms with E-state index in [-0.39, 0.29) is 23.9 Å². The van der Waals surface area contributed by atoms with Crippen LogP contribution < -0.4 is 0 Å². The minimum atomic E-state index is -1.14. The van der Waals surface area contributed by atoms with Gasteiger partial charge in [0.1, 0.15) is 6.10 Å². The standard InChI is InChI=1S/C28H36O6/c29-20(30)10-33-27(31)25-17-9-18(24-14-4-3-13(6-14)23(17)24)26(25)28(32)34-19-8-15-7-16(19)22-12-2-1-11(5-12)21(15)22/h11-19,21-26H,1-10H2,(H,29,30). The molecule has 15 atom stereocenters. The van der Waals surface area contributed by atoms with Crippen molar-refractivity contribution in [3.63, 3.8) is 0 Å². The summed E-state index contributed by atoms with van der Waals surface area (Å²) in [5.41, 5.74) is 0. The number of esters is 2. The highest BCUT2D eigenvalue weighted by molar-refractivity contribution is 5.85. The van der Waals surface area contributed by atoms with E-state index < -0.39 is 30.4 Å². The van der Waals surface area contributed by atoms with Crippen molar-refractivity contribution < 1.29 is 29.0 Å².